The van der Waals surface area contributed by atoms with Gasteiger partial charge in [0.15, 0.2) is 0 Å². The Bertz CT molecular complexity index is 1710. The Hall–Kier alpha value is -4.50. The zero-order chi connectivity index (χ0) is 27.1. The molecule has 10 nitrogen and oxygen atoms in total. The second kappa shape index (κ2) is 8.00. The van der Waals surface area contributed by atoms with E-state index in [9.17, 15) is 18.8 Å². The first-order valence-corrected chi connectivity index (χ1v) is 12.5. The molecule has 1 amide bonds. The van der Waals surface area contributed by atoms with E-state index in [0.29, 0.717) is 53.2 Å². The zero-order valence-corrected chi connectivity index (χ0v) is 20.7. The van der Waals surface area contributed by atoms with Crippen molar-refractivity contribution in [3.8, 4) is 23.1 Å². The number of fused-ring (bicyclic) bond motifs is 9. The molecule has 12 heteroatoms. The van der Waals surface area contributed by atoms with Gasteiger partial charge in [0.2, 0.25) is 0 Å². The number of nitriles is 1. The van der Waals surface area contributed by atoms with E-state index in [1.807, 2.05) is 13.0 Å². The van der Waals surface area contributed by atoms with Crippen LogP contribution in [-0.2, 0) is 5.54 Å². The highest BCUT2D eigenvalue weighted by Crippen LogP contribution is 2.52. The number of aromatic nitrogens is 5. The second-order valence-corrected chi connectivity index (χ2v) is 10.8. The Labute approximate surface area is 220 Å². The van der Waals surface area contributed by atoms with Crippen LogP contribution in [0, 0.1) is 16.7 Å². The molecule has 3 aliphatic rings. The zero-order valence-electron chi connectivity index (χ0n) is 20.7. The van der Waals surface area contributed by atoms with Crippen LogP contribution in [0.25, 0.3) is 16.8 Å². The van der Waals surface area contributed by atoms with Crippen molar-refractivity contribution in [1.29, 1.82) is 5.26 Å². The van der Waals surface area contributed by atoms with Crippen LogP contribution in [0.15, 0.2) is 43.0 Å². The van der Waals surface area contributed by atoms with Gasteiger partial charge < -0.3 is 15.8 Å². The number of hydrogen-bond acceptors (Lipinski definition) is 8. The van der Waals surface area contributed by atoms with Gasteiger partial charge in [0.05, 0.1) is 40.0 Å². The van der Waals surface area contributed by atoms with Gasteiger partial charge in [-0.05, 0) is 44.4 Å². The Balaban J connectivity index is 1.29. The lowest BCUT2D eigenvalue weighted by Crippen LogP contribution is -2.54. The quantitative estimate of drug-likeness (QED) is 0.409. The number of carbonyl (C=O) groups is 1. The number of carbonyl (C=O) groups excluding carboxylic acids is 1. The van der Waals surface area contributed by atoms with Crippen LogP contribution in [0.1, 0.15) is 71.1 Å². The van der Waals surface area contributed by atoms with Gasteiger partial charge in [0, 0.05) is 40.6 Å². The lowest BCUT2D eigenvalue weighted by Gasteiger charge is -2.47. The number of hydrogen-bond donors (Lipinski definition) is 2. The van der Waals surface area contributed by atoms with E-state index in [1.54, 1.807) is 29.3 Å². The number of ether oxygens (including phenoxy) is 1. The highest BCUT2D eigenvalue weighted by atomic mass is 19.3. The minimum absolute atomic E-state index is 0.0204. The van der Waals surface area contributed by atoms with Gasteiger partial charge in [0.25, 0.3) is 5.91 Å². The molecule has 2 atom stereocenters. The number of nitrogens with one attached hydrogen (secondary N) is 1. The Morgan fingerprint density at radius 1 is 1.23 bits per heavy atom. The molecule has 1 aliphatic heterocycles. The van der Waals surface area contributed by atoms with E-state index in [2.05, 4.69) is 31.4 Å². The van der Waals surface area contributed by atoms with Crippen LogP contribution < -0.4 is 15.8 Å². The lowest BCUT2D eigenvalue weighted by molar-refractivity contribution is -0.0505. The summed E-state index contributed by atoms with van der Waals surface area (Å²) in [6, 6.07) is 8.38. The maximum atomic E-state index is 13.3. The topological polar surface area (TPSA) is 144 Å². The average molecular weight is 529 g/mol. The van der Waals surface area contributed by atoms with Crippen molar-refractivity contribution in [2.45, 2.75) is 50.3 Å². The predicted octanol–water partition coefficient (Wildman–Crippen LogP) is 3.59. The first-order chi connectivity index (χ1) is 18.7. The maximum Gasteiger partial charge on any atom is 0.387 e. The molecule has 1 aromatic carbocycles. The molecule has 1 fully saturated rings. The van der Waals surface area contributed by atoms with Gasteiger partial charge in [-0.2, -0.15) is 19.1 Å². The minimum atomic E-state index is -3.02. The van der Waals surface area contributed by atoms with Gasteiger partial charge in [-0.3, -0.25) is 4.79 Å². The fourth-order valence-corrected chi connectivity index (χ4v) is 6.45. The molecular weight excluding hydrogens is 506 g/mol. The van der Waals surface area contributed by atoms with Gasteiger partial charge in [0.1, 0.15) is 17.9 Å². The van der Waals surface area contributed by atoms with Crippen molar-refractivity contribution in [2.75, 3.05) is 0 Å². The summed E-state index contributed by atoms with van der Waals surface area (Å²) in [6.07, 6.45) is 6.33. The number of amides is 1. The summed E-state index contributed by atoms with van der Waals surface area (Å²) in [4.78, 5) is 26.4. The lowest BCUT2D eigenvalue weighted by atomic mass is 9.59. The average Bonchev–Trinajstić information content (AvgIpc) is 3.39. The molecule has 2 bridgehead atoms. The molecule has 196 valence electrons. The Morgan fingerprint density at radius 2 is 2.00 bits per heavy atom. The summed E-state index contributed by atoms with van der Waals surface area (Å²) >= 11 is 0. The summed E-state index contributed by atoms with van der Waals surface area (Å²) in [5.41, 5.74) is 9.48. The molecule has 3 N–H and O–H groups in total. The highest BCUT2D eigenvalue weighted by Gasteiger charge is 2.52. The Morgan fingerprint density at radius 3 is 2.72 bits per heavy atom. The van der Waals surface area contributed by atoms with E-state index < -0.39 is 17.6 Å². The molecule has 0 spiro atoms. The van der Waals surface area contributed by atoms with Crippen molar-refractivity contribution < 1.29 is 18.3 Å². The van der Waals surface area contributed by atoms with Crippen LogP contribution in [0.4, 0.5) is 8.78 Å². The monoisotopic (exact) mass is 528 g/mol. The van der Waals surface area contributed by atoms with E-state index in [4.69, 9.17) is 10.5 Å². The fraction of sp³-hybridized carbons (Fsp3) is 0.333. The number of nitrogens with zero attached hydrogens (tertiary/aromatic N) is 6. The van der Waals surface area contributed by atoms with Crippen LogP contribution >= 0.6 is 0 Å². The van der Waals surface area contributed by atoms with Gasteiger partial charge >= 0.3 is 6.61 Å². The third-order valence-electron chi connectivity index (χ3n) is 8.00. The third-order valence-corrected chi connectivity index (χ3v) is 8.00. The van der Waals surface area contributed by atoms with Crippen LogP contribution in [-0.4, -0.2) is 37.1 Å². The van der Waals surface area contributed by atoms with Crippen molar-refractivity contribution >= 4 is 11.4 Å². The highest BCUT2D eigenvalue weighted by molar-refractivity contribution is 5.98. The molecule has 4 aromatic rings. The third kappa shape index (κ3) is 3.50. The van der Waals surface area contributed by atoms with Crippen LogP contribution in [0.5, 0.6) is 5.75 Å². The predicted molar refractivity (Wildman–Crippen MR) is 133 cm³/mol. The van der Waals surface area contributed by atoms with Gasteiger partial charge in [-0.15, -0.1) is 0 Å². The molecule has 0 saturated heterocycles. The molecule has 0 radical (unpaired) electrons. The number of benzene rings is 1. The maximum absolute atomic E-state index is 13.3. The second-order valence-electron chi connectivity index (χ2n) is 10.8. The van der Waals surface area contributed by atoms with E-state index in [-0.39, 0.29) is 23.6 Å². The van der Waals surface area contributed by atoms with Crippen molar-refractivity contribution in [2.24, 2.45) is 11.1 Å². The number of rotatable bonds is 4. The standard InChI is InChI=1S/C27H22F2N8O2/c1-26(11-30)9-27(31,10-26)24-32-7-13(8-33-24)16-6-18-21-15-5-17(22(21)36-37(18)12-34-16)35-23(38)14-3-2-4-19(20(14)15)39-25(28)29/h2-4,6-8,12,15,17,25H,5,9-10,31H2,1H3,(H,35,38). The van der Waals surface area contributed by atoms with Gasteiger partial charge in [-0.1, -0.05) is 6.07 Å². The van der Waals surface area contributed by atoms with Crippen molar-refractivity contribution in [3.05, 3.63) is 71.2 Å². The number of alkyl halides is 2. The van der Waals surface area contributed by atoms with Crippen molar-refractivity contribution in [1.82, 2.24) is 29.9 Å². The summed E-state index contributed by atoms with van der Waals surface area (Å²) in [5.74, 6) is -0.275. The normalized spacial score (nSPS) is 26.8. The summed E-state index contributed by atoms with van der Waals surface area (Å²) < 4.78 is 33.0. The Kier molecular flexibility index (Phi) is 4.84. The minimum Gasteiger partial charge on any atom is -0.434 e. The van der Waals surface area contributed by atoms with Crippen LogP contribution in [0.3, 0.4) is 0 Å². The van der Waals surface area contributed by atoms with E-state index >= 15 is 0 Å². The summed E-state index contributed by atoms with van der Waals surface area (Å²) in [6.45, 7) is -1.15. The molecular formula is C27H22F2N8O2. The molecule has 7 rings (SSSR count). The molecule has 1 saturated carbocycles. The largest absolute Gasteiger partial charge is 0.434 e. The first kappa shape index (κ1) is 23.6. The molecule has 4 heterocycles. The first-order valence-electron chi connectivity index (χ1n) is 12.5. The number of halogens is 2. The SMILES string of the molecule is CC1(C#N)CC(N)(c2ncc(-c3cc4c5c(nn4cn3)C3CC5c4c(OC(F)F)cccc4C(=O)N3)cn2)C1. The van der Waals surface area contributed by atoms with E-state index in [1.165, 1.54) is 12.1 Å². The van der Waals surface area contributed by atoms with Crippen LogP contribution in [0.2, 0.25) is 0 Å². The van der Waals surface area contributed by atoms with Gasteiger partial charge in [-0.25, -0.2) is 19.5 Å². The number of nitrogens with two attached hydrogens (primary N) is 1. The molecule has 39 heavy (non-hydrogen) atoms. The molecule has 2 aliphatic carbocycles. The van der Waals surface area contributed by atoms with Crippen molar-refractivity contribution in [3.63, 3.8) is 0 Å². The molecule has 2 unspecified atom stereocenters. The summed E-state index contributed by atoms with van der Waals surface area (Å²) in [5, 5.41) is 17.0. The van der Waals surface area contributed by atoms with E-state index in [0.717, 1.165) is 11.1 Å². The smallest absolute Gasteiger partial charge is 0.387 e. The summed E-state index contributed by atoms with van der Waals surface area (Å²) in [7, 11) is 0. The molecule has 3 aromatic heterocycles. The fourth-order valence-electron chi connectivity index (χ4n) is 6.45.